The van der Waals surface area contributed by atoms with Crippen LogP contribution < -0.4 is 19.5 Å². The molecule has 3 aromatic rings. The Morgan fingerprint density at radius 1 is 1.05 bits per heavy atom. The maximum Gasteiger partial charge on any atom is 0.322 e. The molecule has 2 aromatic carbocycles. The van der Waals surface area contributed by atoms with Gasteiger partial charge in [-0.15, -0.1) is 11.3 Å². The largest absolute Gasteiger partial charge is 0.494 e. The van der Waals surface area contributed by atoms with Crippen LogP contribution in [0.3, 0.4) is 0 Å². The maximum absolute atomic E-state index is 13.8. The third-order valence-electron chi connectivity index (χ3n) is 6.88. The molecule has 2 heterocycles. The van der Waals surface area contributed by atoms with Crippen LogP contribution in [-0.2, 0) is 22.5 Å². The molecule has 1 unspecified atom stereocenters. The lowest BCUT2D eigenvalue weighted by Crippen LogP contribution is -2.47. The highest BCUT2D eigenvalue weighted by Gasteiger charge is 2.27. The number of carbonyl (C=O) groups excluding carboxylic acids is 2. The fraction of sp³-hybridized carbons (Fsp3) is 0.419. The zero-order valence-corrected chi connectivity index (χ0v) is 24.8. The van der Waals surface area contributed by atoms with Gasteiger partial charge in [-0.25, -0.2) is 4.79 Å². The Balaban J connectivity index is 1.47. The molecule has 3 amide bonds. The predicted molar refractivity (Wildman–Crippen MR) is 160 cm³/mol. The molecule has 10 heteroatoms. The summed E-state index contributed by atoms with van der Waals surface area (Å²) >= 11 is 1.61. The number of urea groups is 1. The molecule has 1 atom stereocenters. The van der Waals surface area contributed by atoms with E-state index in [1.54, 1.807) is 42.6 Å². The number of carbonyl (C=O) groups is 2. The molecule has 9 nitrogen and oxygen atoms in total. The summed E-state index contributed by atoms with van der Waals surface area (Å²) in [6, 6.07) is 16.6. The third kappa shape index (κ3) is 8.86. The van der Waals surface area contributed by atoms with E-state index >= 15 is 0 Å². The first-order chi connectivity index (χ1) is 20.0. The molecule has 0 radical (unpaired) electrons. The van der Waals surface area contributed by atoms with E-state index in [0.717, 1.165) is 29.0 Å². The number of amides is 3. The summed E-state index contributed by atoms with van der Waals surface area (Å²) in [6.07, 6.45) is 2.34. The number of hydrogen-bond donors (Lipinski definition) is 1. The number of benzene rings is 2. The molecule has 0 spiro atoms. The van der Waals surface area contributed by atoms with Crippen LogP contribution in [0, 0.1) is 0 Å². The SMILES string of the molecule is CCOc1ccc(NC(=O)N(CC(=O)N(CCc2ccc(OC)c(OC)c2)Cc2cccs2)CC2CCCO2)cc1. The molecule has 0 aliphatic carbocycles. The van der Waals surface area contributed by atoms with Gasteiger partial charge in [0.1, 0.15) is 12.3 Å². The third-order valence-corrected chi connectivity index (χ3v) is 7.74. The number of nitrogens with one attached hydrogen (secondary N) is 1. The van der Waals surface area contributed by atoms with Crippen molar-refractivity contribution >= 4 is 29.0 Å². The average molecular weight is 582 g/mol. The van der Waals surface area contributed by atoms with Crippen molar-refractivity contribution in [3.63, 3.8) is 0 Å². The number of thiophene rings is 1. The van der Waals surface area contributed by atoms with E-state index in [1.165, 1.54) is 0 Å². The summed E-state index contributed by atoms with van der Waals surface area (Å²) < 4.78 is 22.1. The fourth-order valence-electron chi connectivity index (χ4n) is 4.70. The van der Waals surface area contributed by atoms with Gasteiger partial charge in [-0.2, -0.15) is 0 Å². The molecule has 1 saturated heterocycles. The van der Waals surface area contributed by atoms with Crippen LogP contribution in [0.1, 0.15) is 30.2 Å². The van der Waals surface area contributed by atoms with E-state index in [0.29, 0.717) is 56.5 Å². The van der Waals surface area contributed by atoms with Crippen molar-refractivity contribution in [1.82, 2.24) is 9.80 Å². The first-order valence-corrected chi connectivity index (χ1v) is 14.8. The van der Waals surface area contributed by atoms with E-state index in [4.69, 9.17) is 18.9 Å². The van der Waals surface area contributed by atoms with Crippen molar-refractivity contribution in [3.8, 4) is 17.2 Å². The van der Waals surface area contributed by atoms with Crippen molar-refractivity contribution in [3.05, 3.63) is 70.4 Å². The van der Waals surface area contributed by atoms with Gasteiger partial charge in [0.25, 0.3) is 0 Å². The Morgan fingerprint density at radius 3 is 2.51 bits per heavy atom. The van der Waals surface area contributed by atoms with Crippen molar-refractivity contribution in [1.29, 1.82) is 0 Å². The lowest BCUT2D eigenvalue weighted by molar-refractivity contribution is -0.132. The molecule has 1 aliphatic rings. The summed E-state index contributed by atoms with van der Waals surface area (Å²) in [5.41, 5.74) is 1.66. The first kappa shape index (κ1) is 30.2. The minimum Gasteiger partial charge on any atom is -0.494 e. The van der Waals surface area contributed by atoms with Gasteiger partial charge in [-0.1, -0.05) is 12.1 Å². The van der Waals surface area contributed by atoms with E-state index < -0.39 is 0 Å². The van der Waals surface area contributed by atoms with E-state index in [2.05, 4.69) is 5.32 Å². The zero-order valence-electron chi connectivity index (χ0n) is 24.0. The van der Waals surface area contributed by atoms with Gasteiger partial charge in [0.2, 0.25) is 5.91 Å². The van der Waals surface area contributed by atoms with Crippen LogP contribution in [0.25, 0.3) is 0 Å². The molecule has 220 valence electrons. The minimum atomic E-state index is -0.339. The van der Waals surface area contributed by atoms with E-state index in [-0.39, 0.29) is 24.6 Å². The quantitative estimate of drug-likeness (QED) is 0.272. The first-order valence-electron chi connectivity index (χ1n) is 13.9. The monoisotopic (exact) mass is 581 g/mol. The van der Waals surface area contributed by atoms with Gasteiger partial charge in [-0.05, 0) is 79.6 Å². The number of ether oxygens (including phenoxy) is 4. The highest BCUT2D eigenvalue weighted by Crippen LogP contribution is 2.28. The van der Waals surface area contributed by atoms with Crippen molar-refractivity contribution in [2.24, 2.45) is 0 Å². The van der Waals surface area contributed by atoms with Gasteiger partial charge in [-0.3, -0.25) is 4.79 Å². The molecule has 4 rings (SSSR count). The number of rotatable bonds is 14. The Kier molecular flexibility index (Phi) is 11.3. The molecule has 1 aromatic heterocycles. The van der Waals surface area contributed by atoms with Crippen LogP contribution in [0.2, 0.25) is 0 Å². The van der Waals surface area contributed by atoms with Gasteiger partial charge in [0, 0.05) is 30.3 Å². The Morgan fingerprint density at radius 2 is 1.85 bits per heavy atom. The van der Waals surface area contributed by atoms with Crippen LogP contribution in [0.15, 0.2) is 60.0 Å². The van der Waals surface area contributed by atoms with Crippen molar-refractivity contribution in [2.45, 2.75) is 38.8 Å². The Labute approximate surface area is 246 Å². The Hall–Kier alpha value is -3.76. The summed E-state index contributed by atoms with van der Waals surface area (Å²) in [6.45, 7) is 4.40. The van der Waals surface area contributed by atoms with Crippen molar-refractivity contribution < 1.29 is 28.5 Å². The van der Waals surface area contributed by atoms with Crippen LogP contribution in [-0.4, -0.2) is 74.9 Å². The van der Waals surface area contributed by atoms with Crippen LogP contribution in [0.5, 0.6) is 17.2 Å². The summed E-state index contributed by atoms with van der Waals surface area (Å²) in [5.74, 6) is 1.91. The highest BCUT2D eigenvalue weighted by atomic mass is 32.1. The van der Waals surface area contributed by atoms with Gasteiger partial charge in [0.15, 0.2) is 11.5 Å². The molecule has 41 heavy (non-hydrogen) atoms. The molecular weight excluding hydrogens is 542 g/mol. The Bertz CT molecular complexity index is 1250. The van der Waals surface area contributed by atoms with Crippen LogP contribution in [0.4, 0.5) is 10.5 Å². The number of methoxy groups -OCH3 is 2. The molecular formula is C31H39N3O6S. The fourth-order valence-corrected chi connectivity index (χ4v) is 5.42. The lowest BCUT2D eigenvalue weighted by atomic mass is 10.1. The normalized spacial score (nSPS) is 14.4. The lowest BCUT2D eigenvalue weighted by Gasteiger charge is -2.29. The molecule has 0 saturated carbocycles. The molecule has 1 fully saturated rings. The average Bonchev–Trinajstić information content (AvgIpc) is 3.70. The van der Waals surface area contributed by atoms with Gasteiger partial charge in [0.05, 0.1) is 33.5 Å². The van der Waals surface area contributed by atoms with Crippen LogP contribution >= 0.6 is 11.3 Å². The minimum absolute atomic E-state index is 0.0555. The zero-order chi connectivity index (χ0) is 29.0. The van der Waals surface area contributed by atoms with E-state index in [9.17, 15) is 9.59 Å². The maximum atomic E-state index is 13.8. The predicted octanol–water partition coefficient (Wildman–Crippen LogP) is 5.45. The number of hydrogen-bond acceptors (Lipinski definition) is 7. The smallest absolute Gasteiger partial charge is 0.322 e. The summed E-state index contributed by atoms with van der Waals surface area (Å²) in [5, 5.41) is 4.94. The number of anilines is 1. The van der Waals surface area contributed by atoms with Gasteiger partial charge >= 0.3 is 6.03 Å². The number of nitrogens with zero attached hydrogens (tertiary/aromatic N) is 2. The summed E-state index contributed by atoms with van der Waals surface area (Å²) in [7, 11) is 3.21. The molecule has 1 N–H and O–H groups in total. The highest BCUT2D eigenvalue weighted by molar-refractivity contribution is 7.09. The standard InChI is InChI=1S/C31H39N3O6S/c1-4-39-25-12-10-24(11-13-25)32-31(36)34(20-26-7-5-17-40-26)22-30(35)33(21-27-8-6-18-41-27)16-15-23-9-14-28(37-2)29(19-23)38-3/h6,8-14,18-19,26H,4-5,7,15-17,20-22H2,1-3H3,(H,32,36). The second kappa shape index (κ2) is 15.3. The molecule has 0 bridgehead atoms. The van der Waals surface area contributed by atoms with E-state index in [1.807, 2.05) is 59.7 Å². The topological polar surface area (TPSA) is 89.6 Å². The summed E-state index contributed by atoms with van der Waals surface area (Å²) in [4.78, 5) is 31.7. The second-order valence-electron chi connectivity index (χ2n) is 9.74. The van der Waals surface area contributed by atoms with Crippen molar-refractivity contribution in [2.75, 3.05) is 52.4 Å². The second-order valence-corrected chi connectivity index (χ2v) is 10.8. The van der Waals surface area contributed by atoms with Gasteiger partial charge < -0.3 is 34.1 Å². The molecule has 1 aliphatic heterocycles.